The van der Waals surface area contributed by atoms with Gasteiger partial charge in [0.2, 0.25) is 0 Å². The fourth-order valence-electron chi connectivity index (χ4n) is 6.21. The van der Waals surface area contributed by atoms with E-state index in [4.69, 9.17) is 0 Å². The average molecular weight is 543 g/mol. The van der Waals surface area contributed by atoms with Gasteiger partial charge in [-0.25, -0.2) is 14.7 Å². The number of benzene rings is 2. The number of carboxylic acid groups (broad SMARTS) is 2. The van der Waals surface area contributed by atoms with Gasteiger partial charge in [-0.2, -0.15) is 0 Å². The Morgan fingerprint density at radius 1 is 0.875 bits per heavy atom. The van der Waals surface area contributed by atoms with Gasteiger partial charge in [-0.1, -0.05) is 36.4 Å². The summed E-state index contributed by atoms with van der Waals surface area (Å²) in [5.41, 5.74) is 3.37. The molecule has 0 fully saturated rings. The van der Waals surface area contributed by atoms with Crippen molar-refractivity contribution in [2.45, 2.75) is 31.1 Å². The first kappa shape index (κ1) is 25.8. The van der Waals surface area contributed by atoms with Crippen LogP contribution in [0.1, 0.15) is 50.7 Å². The van der Waals surface area contributed by atoms with Crippen LogP contribution in [0.4, 0.5) is 0 Å². The maximum absolute atomic E-state index is 11.8. The molecule has 2 aliphatic heterocycles. The van der Waals surface area contributed by atoms with Gasteiger partial charge in [0, 0.05) is 29.7 Å². The molecular weight excluding hydrogens is 516 g/mol. The minimum Gasteiger partial charge on any atom is -0.478 e. The Hall–Kier alpha value is -4.48. The number of hydrogen-bond acceptors (Lipinski definition) is 8. The number of allylic oxidation sites excluding steroid dienone is 4. The molecule has 40 heavy (non-hydrogen) atoms. The SMILES string of the molecule is O=C(O)c1cccc(C2=C3C(=C4C(=CN(O)C(c5cccc(C(=O)O)c5)C4O)CC3O)C3CC=CC=C3N2O)c1. The molecule has 4 atom stereocenters. The Balaban J connectivity index is 1.61. The summed E-state index contributed by atoms with van der Waals surface area (Å²) in [4.78, 5) is 23.3. The molecule has 0 bridgehead atoms. The Labute approximate surface area is 228 Å². The van der Waals surface area contributed by atoms with Gasteiger partial charge in [-0.15, -0.1) is 0 Å². The van der Waals surface area contributed by atoms with Crippen molar-refractivity contribution < 1.29 is 40.4 Å². The third-order valence-corrected chi connectivity index (χ3v) is 7.89. The second-order valence-electron chi connectivity index (χ2n) is 10.2. The Morgan fingerprint density at radius 2 is 1.57 bits per heavy atom. The van der Waals surface area contributed by atoms with Gasteiger partial charge in [0.25, 0.3) is 0 Å². The van der Waals surface area contributed by atoms with Crippen molar-refractivity contribution >= 4 is 17.6 Å². The first-order chi connectivity index (χ1) is 19.2. The zero-order chi connectivity index (χ0) is 28.3. The average Bonchev–Trinajstić information content (AvgIpc) is 2.93. The lowest BCUT2D eigenvalue weighted by atomic mass is 9.67. The zero-order valence-electron chi connectivity index (χ0n) is 21.0. The number of carboxylic acids is 2. The molecule has 2 aromatic rings. The van der Waals surface area contributed by atoms with E-state index in [0.29, 0.717) is 45.5 Å². The van der Waals surface area contributed by atoms with Gasteiger partial charge in [0.05, 0.1) is 28.6 Å². The van der Waals surface area contributed by atoms with Crippen molar-refractivity contribution in [3.63, 3.8) is 0 Å². The summed E-state index contributed by atoms with van der Waals surface area (Å²) in [5, 5.41) is 66.5. The number of hydroxylamine groups is 4. The molecule has 2 aliphatic carbocycles. The number of carbonyl (C=O) groups is 2. The van der Waals surface area contributed by atoms with Crippen LogP contribution in [0, 0.1) is 5.92 Å². The number of hydrogen-bond donors (Lipinski definition) is 6. The van der Waals surface area contributed by atoms with E-state index in [1.165, 1.54) is 36.5 Å². The molecule has 0 amide bonds. The van der Waals surface area contributed by atoms with Crippen molar-refractivity contribution in [2.75, 3.05) is 0 Å². The predicted octanol–water partition coefficient (Wildman–Crippen LogP) is 3.71. The van der Waals surface area contributed by atoms with E-state index in [1.807, 2.05) is 6.08 Å². The molecule has 0 aromatic heterocycles. The summed E-state index contributed by atoms with van der Waals surface area (Å²) in [5.74, 6) is -2.74. The van der Waals surface area contributed by atoms with E-state index < -0.39 is 36.1 Å². The van der Waals surface area contributed by atoms with Crippen LogP contribution < -0.4 is 0 Å². The maximum Gasteiger partial charge on any atom is 0.335 e. The van der Waals surface area contributed by atoms with Crippen molar-refractivity contribution in [2.24, 2.45) is 5.92 Å². The van der Waals surface area contributed by atoms with Gasteiger partial charge in [-0.3, -0.25) is 15.5 Å². The Bertz CT molecular complexity index is 1600. The van der Waals surface area contributed by atoms with E-state index in [2.05, 4.69) is 0 Å². The molecule has 6 N–H and O–H groups in total. The molecule has 0 saturated heterocycles. The van der Waals surface area contributed by atoms with Crippen LogP contribution in [-0.2, 0) is 0 Å². The number of nitrogens with zero attached hydrogens (tertiary/aromatic N) is 2. The summed E-state index contributed by atoms with van der Waals surface area (Å²) in [6.07, 6.45) is 4.88. The Kier molecular flexibility index (Phi) is 6.20. The summed E-state index contributed by atoms with van der Waals surface area (Å²) in [7, 11) is 0. The minimum absolute atomic E-state index is 0.00186. The zero-order valence-corrected chi connectivity index (χ0v) is 21.0. The van der Waals surface area contributed by atoms with Gasteiger partial charge < -0.3 is 20.4 Å². The van der Waals surface area contributed by atoms with Crippen LogP contribution in [0.2, 0.25) is 0 Å². The summed E-state index contributed by atoms with van der Waals surface area (Å²) in [6.45, 7) is 0. The second-order valence-corrected chi connectivity index (χ2v) is 10.2. The number of aromatic carboxylic acids is 2. The van der Waals surface area contributed by atoms with E-state index in [-0.39, 0.29) is 23.2 Å². The highest BCUT2D eigenvalue weighted by Gasteiger charge is 2.47. The first-order valence-electron chi connectivity index (χ1n) is 12.7. The summed E-state index contributed by atoms with van der Waals surface area (Å²) >= 11 is 0. The topological polar surface area (TPSA) is 162 Å². The monoisotopic (exact) mass is 542 g/mol. The van der Waals surface area contributed by atoms with Crippen molar-refractivity contribution in [1.82, 2.24) is 10.1 Å². The lowest BCUT2D eigenvalue weighted by molar-refractivity contribution is -0.117. The van der Waals surface area contributed by atoms with Crippen LogP contribution in [0.25, 0.3) is 5.70 Å². The number of aliphatic hydroxyl groups is 2. The van der Waals surface area contributed by atoms with E-state index in [0.717, 1.165) is 10.1 Å². The molecule has 0 saturated carbocycles. The molecule has 204 valence electrons. The highest BCUT2D eigenvalue weighted by atomic mass is 16.5. The van der Waals surface area contributed by atoms with Crippen molar-refractivity contribution in [3.05, 3.63) is 123 Å². The fraction of sp³-hybridized carbons (Fsp3) is 0.200. The molecule has 10 heteroatoms. The number of fused-ring (bicyclic) bond motifs is 4. The molecule has 2 aromatic carbocycles. The summed E-state index contributed by atoms with van der Waals surface area (Å²) in [6, 6.07) is 11.0. The summed E-state index contributed by atoms with van der Waals surface area (Å²) < 4.78 is 0. The van der Waals surface area contributed by atoms with E-state index in [1.54, 1.807) is 30.4 Å². The molecule has 4 aliphatic rings. The molecular formula is C30H26N2O8. The Morgan fingerprint density at radius 3 is 2.30 bits per heavy atom. The van der Waals surface area contributed by atoms with Gasteiger partial charge in [0.15, 0.2) is 0 Å². The van der Waals surface area contributed by atoms with Crippen LogP contribution in [0.3, 0.4) is 0 Å². The lowest BCUT2D eigenvalue weighted by Gasteiger charge is -2.47. The third-order valence-electron chi connectivity index (χ3n) is 7.89. The van der Waals surface area contributed by atoms with Crippen molar-refractivity contribution in [1.29, 1.82) is 0 Å². The molecule has 2 heterocycles. The van der Waals surface area contributed by atoms with Crippen LogP contribution in [-0.4, -0.2) is 65.1 Å². The molecule has 4 unspecified atom stereocenters. The minimum atomic E-state index is -1.32. The number of rotatable bonds is 4. The highest BCUT2D eigenvalue weighted by molar-refractivity contribution is 5.90. The van der Waals surface area contributed by atoms with E-state index >= 15 is 0 Å². The maximum atomic E-state index is 11.8. The largest absolute Gasteiger partial charge is 0.478 e. The van der Waals surface area contributed by atoms with E-state index in [9.17, 15) is 40.4 Å². The molecule has 0 spiro atoms. The predicted molar refractivity (Wildman–Crippen MR) is 141 cm³/mol. The molecule has 0 radical (unpaired) electrons. The van der Waals surface area contributed by atoms with Crippen molar-refractivity contribution in [3.8, 4) is 0 Å². The number of aliphatic hydroxyl groups excluding tert-OH is 2. The fourth-order valence-corrected chi connectivity index (χ4v) is 6.21. The van der Waals surface area contributed by atoms with Gasteiger partial charge >= 0.3 is 11.9 Å². The lowest BCUT2D eigenvalue weighted by Crippen LogP contribution is -2.44. The third kappa shape index (κ3) is 3.97. The normalized spacial score (nSPS) is 25.6. The molecule has 6 rings (SSSR count). The van der Waals surface area contributed by atoms with Crippen LogP contribution >= 0.6 is 0 Å². The molecule has 10 nitrogen and oxygen atoms in total. The quantitative estimate of drug-likeness (QED) is 0.336. The second kappa shape index (κ2) is 9.61. The first-order valence-corrected chi connectivity index (χ1v) is 12.7. The smallest absolute Gasteiger partial charge is 0.335 e. The van der Waals surface area contributed by atoms with Gasteiger partial charge in [0.1, 0.15) is 12.1 Å². The van der Waals surface area contributed by atoms with Crippen LogP contribution in [0.15, 0.2) is 101 Å². The van der Waals surface area contributed by atoms with Gasteiger partial charge in [-0.05, 0) is 59.0 Å². The standard InChI is InChI=1S/C30H26N2O8/c33-22-13-19-14-31(39)27(16-6-4-8-18(12-16)30(37)38)28(34)23(19)24-20-9-1-2-10-21(20)32(40)26(25(22)24)15-5-3-7-17(11-15)29(35)36/h1-8,10-12,14,20,22,27-28,33-34,39-40H,9,13H2,(H,35,36)(H,37,38). The van der Waals surface area contributed by atoms with Crippen LogP contribution in [0.5, 0.6) is 0 Å². The highest BCUT2D eigenvalue weighted by Crippen LogP contribution is 2.54.